The Hall–Kier alpha value is -1.35. The first-order chi connectivity index (χ1) is 9.78. The summed E-state index contributed by atoms with van der Waals surface area (Å²) < 4.78 is 0. The zero-order chi connectivity index (χ0) is 14.2. The maximum atomic E-state index is 9.81. The fourth-order valence-electron chi connectivity index (χ4n) is 2.22. The summed E-state index contributed by atoms with van der Waals surface area (Å²) in [5.74, 6) is 0.264. The van der Waals surface area contributed by atoms with Crippen molar-refractivity contribution < 1.29 is 5.11 Å². The molecule has 0 aromatic heterocycles. The Balaban J connectivity index is 2.04. The molecule has 0 aliphatic carbocycles. The van der Waals surface area contributed by atoms with Crippen molar-refractivity contribution in [2.75, 3.05) is 12.4 Å². The maximum absolute atomic E-state index is 9.81. The smallest absolute Gasteiger partial charge is 0.0802 e. The van der Waals surface area contributed by atoms with Crippen LogP contribution in [-0.4, -0.2) is 28.5 Å². The lowest BCUT2D eigenvalue weighted by atomic mass is 10.1. The van der Waals surface area contributed by atoms with Crippen LogP contribution in [0.2, 0.25) is 0 Å². The van der Waals surface area contributed by atoms with E-state index in [1.165, 1.54) is 11.1 Å². The van der Waals surface area contributed by atoms with Crippen molar-refractivity contribution in [1.29, 1.82) is 0 Å². The topological polar surface area (TPSA) is 23.5 Å². The Bertz CT molecular complexity index is 447. The number of aliphatic hydroxyl groups is 1. The Labute approximate surface area is 125 Å². The van der Waals surface area contributed by atoms with E-state index in [2.05, 4.69) is 29.2 Å². The molecule has 0 amide bonds. The number of alkyl halides is 1. The third kappa shape index (κ3) is 4.97. The molecule has 0 radical (unpaired) electrons. The van der Waals surface area contributed by atoms with Crippen LogP contribution in [0.15, 0.2) is 60.7 Å². The van der Waals surface area contributed by atoms with Gasteiger partial charge < -0.3 is 5.11 Å². The van der Waals surface area contributed by atoms with E-state index >= 15 is 0 Å². The quantitative estimate of drug-likeness (QED) is 0.791. The van der Waals surface area contributed by atoms with Gasteiger partial charge in [-0.3, -0.25) is 4.90 Å². The Morgan fingerprint density at radius 1 is 0.850 bits per heavy atom. The molecule has 0 saturated carbocycles. The highest BCUT2D eigenvalue weighted by Crippen LogP contribution is 2.11. The van der Waals surface area contributed by atoms with Gasteiger partial charge in [0.15, 0.2) is 0 Å². The Morgan fingerprint density at radius 2 is 1.30 bits per heavy atom. The third-order valence-corrected chi connectivity index (χ3v) is 3.50. The lowest BCUT2D eigenvalue weighted by Gasteiger charge is -2.24. The van der Waals surface area contributed by atoms with Crippen molar-refractivity contribution in [2.24, 2.45) is 0 Å². The molecular formula is C17H20ClNO. The summed E-state index contributed by atoms with van der Waals surface area (Å²) in [7, 11) is 0. The lowest BCUT2D eigenvalue weighted by Crippen LogP contribution is -2.32. The molecule has 106 valence electrons. The van der Waals surface area contributed by atoms with Crippen LogP contribution in [0.5, 0.6) is 0 Å². The van der Waals surface area contributed by atoms with E-state index in [0.29, 0.717) is 6.54 Å². The molecule has 0 aliphatic heterocycles. The van der Waals surface area contributed by atoms with Gasteiger partial charge in [-0.15, -0.1) is 11.6 Å². The summed E-state index contributed by atoms with van der Waals surface area (Å²) in [4.78, 5) is 2.22. The summed E-state index contributed by atoms with van der Waals surface area (Å²) >= 11 is 5.73. The summed E-state index contributed by atoms with van der Waals surface area (Å²) in [6.07, 6.45) is -0.496. The molecule has 2 rings (SSSR count). The molecule has 0 heterocycles. The molecule has 2 aromatic carbocycles. The molecule has 3 heteroatoms. The van der Waals surface area contributed by atoms with Crippen LogP contribution in [0.25, 0.3) is 0 Å². The number of hydrogen-bond acceptors (Lipinski definition) is 2. The lowest BCUT2D eigenvalue weighted by molar-refractivity contribution is 0.120. The molecule has 1 atom stereocenters. The monoisotopic (exact) mass is 289 g/mol. The van der Waals surface area contributed by atoms with E-state index in [-0.39, 0.29) is 5.88 Å². The minimum Gasteiger partial charge on any atom is -0.391 e. The molecule has 1 N–H and O–H groups in total. The molecule has 2 aromatic rings. The first-order valence-corrected chi connectivity index (χ1v) is 7.35. The largest absolute Gasteiger partial charge is 0.391 e. The van der Waals surface area contributed by atoms with Crippen LogP contribution >= 0.6 is 11.6 Å². The van der Waals surface area contributed by atoms with E-state index in [1.54, 1.807) is 0 Å². The average molecular weight is 290 g/mol. The van der Waals surface area contributed by atoms with E-state index in [1.807, 2.05) is 36.4 Å². The standard InChI is InChI=1S/C17H20ClNO/c18-11-17(20)14-19(12-15-7-3-1-4-8-15)13-16-9-5-2-6-10-16/h1-10,17,20H,11-14H2. The summed E-state index contributed by atoms with van der Waals surface area (Å²) in [6.45, 7) is 2.20. The van der Waals surface area contributed by atoms with E-state index in [4.69, 9.17) is 11.6 Å². The van der Waals surface area contributed by atoms with E-state index in [9.17, 15) is 5.11 Å². The van der Waals surface area contributed by atoms with Gasteiger partial charge in [-0.05, 0) is 11.1 Å². The molecule has 0 saturated heterocycles. The van der Waals surface area contributed by atoms with Crippen LogP contribution in [-0.2, 0) is 13.1 Å². The van der Waals surface area contributed by atoms with Crippen molar-refractivity contribution >= 4 is 11.6 Å². The van der Waals surface area contributed by atoms with Gasteiger partial charge in [0.2, 0.25) is 0 Å². The number of hydrogen-bond donors (Lipinski definition) is 1. The first kappa shape index (κ1) is 15.0. The second-order valence-corrected chi connectivity index (χ2v) is 5.26. The molecular weight excluding hydrogens is 270 g/mol. The number of halogens is 1. The number of rotatable bonds is 7. The van der Waals surface area contributed by atoms with Crippen LogP contribution in [0, 0.1) is 0 Å². The van der Waals surface area contributed by atoms with Gasteiger partial charge in [-0.1, -0.05) is 60.7 Å². The van der Waals surface area contributed by atoms with Gasteiger partial charge in [0.25, 0.3) is 0 Å². The minimum atomic E-state index is -0.496. The predicted molar refractivity (Wildman–Crippen MR) is 83.7 cm³/mol. The van der Waals surface area contributed by atoms with Gasteiger partial charge in [-0.2, -0.15) is 0 Å². The maximum Gasteiger partial charge on any atom is 0.0802 e. The average Bonchev–Trinajstić information content (AvgIpc) is 2.49. The zero-order valence-corrected chi connectivity index (χ0v) is 12.2. The number of aliphatic hydroxyl groups excluding tert-OH is 1. The summed E-state index contributed by atoms with van der Waals surface area (Å²) in [5.41, 5.74) is 2.48. The van der Waals surface area contributed by atoms with Crippen molar-refractivity contribution in [3.8, 4) is 0 Å². The van der Waals surface area contributed by atoms with Crippen LogP contribution in [0.1, 0.15) is 11.1 Å². The number of nitrogens with zero attached hydrogens (tertiary/aromatic N) is 1. The Morgan fingerprint density at radius 3 is 1.70 bits per heavy atom. The normalized spacial score (nSPS) is 12.6. The molecule has 1 unspecified atom stereocenters. The minimum absolute atomic E-state index is 0.264. The second-order valence-electron chi connectivity index (χ2n) is 4.95. The first-order valence-electron chi connectivity index (χ1n) is 6.82. The highest BCUT2D eigenvalue weighted by Gasteiger charge is 2.12. The van der Waals surface area contributed by atoms with Crippen molar-refractivity contribution in [3.63, 3.8) is 0 Å². The Kier molecular flexibility index (Phi) is 6.06. The highest BCUT2D eigenvalue weighted by molar-refractivity contribution is 6.18. The van der Waals surface area contributed by atoms with Crippen LogP contribution < -0.4 is 0 Å². The SMILES string of the molecule is OC(CCl)CN(Cc1ccccc1)Cc1ccccc1. The van der Waals surface area contributed by atoms with E-state index < -0.39 is 6.10 Å². The van der Waals surface area contributed by atoms with Gasteiger partial charge in [0.1, 0.15) is 0 Å². The number of benzene rings is 2. The van der Waals surface area contributed by atoms with Crippen LogP contribution in [0.3, 0.4) is 0 Å². The molecule has 0 fully saturated rings. The van der Waals surface area contributed by atoms with Crippen LogP contribution in [0.4, 0.5) is 0 Å². The zero-order valence-electron chi connectivity index (χ0n) is 11.5. The van der Waals surface area contributed by atoms with Gasteiger partial charge in [0.05, 0.1) is 6.10 Å². The second kappa shape index (κ2) is 8.05. The van der Waals surface area contributed by atoms with Gasteiger partial charge >= 0.3 is 0 Å². The third-order valence-electron chi connectivity index (χ3n) is 3.15. The summed E-state index contributed by atoms with van der Waals surface area (Å²) in [6, 6.07) is 20.6. The molecule has 0 aliphatic rings. The molecule has 0 bridgehead atoms. The fraction of sp³-hybridized carbons (Fsp3) is 0.294. The summed E-state index contributed by atoms with van der Waals surface area (Å²) in [5, 5.41) is 9.81. The fourth-order valence-corrected chi connectivity index (χ4v) is 2.31. The van der Waals surface area contributed by atoms with Crippen molar-refractivity contribution in [3.05, 3.63) is 71.8 Å². The van der Waals surface area contributed by atoms with Gasteiger partial charge in [0, 0.05) is 25.5 Å². The van der Waals surface area contributed by atoms with Gasteiger partial charge in [-0.25, -0.2) is 0 Å². The highest BCUT2D eigenvalue weighted by atomic mass is 35.5. The predicted octanol–water partition coefficient (Wildman–Crippen LogP) is 3.29. The van der Waals surface area contributed by atoms with Crippen molar-refractivity contribution in [2.45, 2.75) is 19.2 Å². The molecule has 20 heavy (non-hydrogen) atoms. The van der Waals surface area contributed by atoms with E-state index in [0.717, 1.165) is 13.1 Å². The van der Waals surface area contributed by atoms with Crippen molar-refractivity contribution in [1.82, 2.24) is 4.90 Å². The molecule has 2 nitrogen and oxygen atoms in total. The molecule has 0 spiro atoms.